The Labute approximate surface area is 166 Å². The fraction of sp³-hybridized carbons (Fsp3) is 0.190. The summed E-state index contributed by atoms with van der Waals surface area (Å²) >= 11 is 0. The maximum absolute atomic E-state index is 12.1. The predicted molar refractivity (Wildman–Crippen MR) is 103 cm³/mol. The van der Waals surface area contributed by atoms with Crippen molar-refractivity contribution in [3.8, 4) is 23.7 Å². The second kappa shape index (κ2) is 10.6. The third kappa shape index (κ3) is 6.45. The van der Waals surface area contributed by atoms with Gasteiger partial charge in [-0.25, -0.2) is 10.5 Å². The number of amides is 2. The number of hydrogen-bond donors (Lipinski definition) is 4. The molecule has 1 heterocycles. The van der Waals surface area contributed by atoms with E-state index in [2.05, 4.69) is 28.7 Å². The van der Waals surface area contributed by atoms with Crippen LogP contribution in [0.2, 0.25) is 0 Å². The number of carbonyl (C=O) groups is 2. The Hall–Kier alpha value is -3.69. The third-order valence-electron chi connectivity index (χ3n) is 3.69. The van der Waals surface area contributed by atoms with Crippen molar-refractivity contribution in [3.63, 3.8) is 0 Å². The van der Waals surface area contributed by atoms with Gasteiger partial charge in [0.1, 0.15) is 18.3 Å². The molecule has 0 saturated heterocycles. The molecule has 8 nitrogen and oxygen atoms in total. The van der Waals surface area contributed by atoms with Crippen LogP contribution in [0.3, 0.4) is 0 Å². The lowest BCUT2D eigenvalue weighted by atomic mass is 10.1. The number of aliphatic imine (C=N–C) groups is 1. The van der Waals surface area contributed by atoms with E-state index in [0.717, 1.165) is 6.21 Å². The second-order valence-corrected chi connectivity index (χ2v) is 5.83. The summed E-state index contributed by atoms with van der Waals surface area (Å²) in [5.41, 5.74) is 2.30. The molecule has 4 N–H and O–H groups in total. The van der Waals surface area contributed by atoms with E-state index >= 15 is 0 Å². The monoisotopic (exact) mass is 394 g/mol. The molecule has 1 aromatic carbocycles. The molecule has 2 rings (SSSR count). The van der Waals surface area contributed by atoms with Crippen LogP contribution in [0, 0.1) is 29.6 Å². The molecule has 148 valence electrons. The van der Waals surface area contributed by atoms with Gasteiger partial charge in [-0.3, -0.25) is 14.8 Å². The molecule has 8 heteroatoms. The van der Waals surface area contributed by atoms with Gasteiger partial charge in [0.05, 0.1) is 6.10 Å². The molecule has 0 aliphatic carbocycles. The first-order chi connectivity index (χ1) is 13.9. The Kier molecular flexibility index (Phi) is 7.89. The van der Waals surface area contributed by atoms with Gasteiger partial charge in [-0.15, -0.1) is 0 Å². The van der Waals surface area contributed by atoms with Crippen molar-refractivity contribution in [1.29, 1.82) is 0 Å². The Morgan fingerprint density at radius 3 is 2.45 bits per heavy atom. The molecule has 0 saturated carbocycles. The van der Waals surface area contributed by atoms with Crippen molar-refractivity contribution in [2.24, 2.45) is 10.9 Å². The minimum Gasteiger partial charge on any atom is -0.450 e. The maximum Gasteiger partial charge on any atom is 0.276 e. The summed E-state index contributed by atoms with van der Waals surface area (Å²) in [4.78, 5) is 27.1. The number of hydrogen-bond acceptors (Lipinski definition) is 6. The number of furan rings is 1. The third-order valence-corrected chi connectivity index (χ3v) is 3.69. The molecule has 2 aromatic rings. The molecule has 2 amide bonds. The Balaban J connectivity index is 2.02. The van der Waals surface area contributed by atoms with Gasteiger partial charge in [0.2, 0.25) is 0 Å². The predicted octanol–water partition coefficient (Wildman–Crippen LogP) is 0.889. The molecule has 0 bridgehead atoms. The van der Waals surface area contributed by atoms with Gasteiger partial charge < -0.3 is 14.6 Å². The van der Waals surface area contributed by atoms with Crippen molar-refractivity contribution in [2.45, 2.75) is 19.6 Å². The Bertz CT molecular complexity index is 1010. The van der Waals surface area contributed by atoms with Crippen molar-refractivity contribution in [1.82, 2.24) is 5.48 Å². The van der Waals surface area contributed by atoms with Crippen molar-refractivity contribution in [3.05, 3.63) is 59.0 Å². The molecular weight excluding hydrogens is 376 g/mol. The summed E-state index contributed by atoms with van der Waals surface area (Å²) in [5.74, 6) is 8.97. The van der Waals surface area contributed by atoms with E-state index in [0.29, 0.717) is 17.1 Å². The molecule has 0 fully saturated rings. The highest BCUT2D eigenvalue weighted by atomic mass is 16.5. The largest absolute Gasteiger partial charge is 0.450 e. The van der Waals surface area contributed by atoms with Crippen LogP contribution in [-0.2, 0) is 11.4 Å². The van der Waals surface area contributed by atoms with Gasteiger partial charge in [-0.05, 0) is 61.1 Å². The first kappa shape index (κ1) is 21.6. The van der Waals surface area contributed by atoms with Crippen molar-refractivity contribution in [2.75, 3.05) is 0 Å². The number of nitrogens with zero attached hydrogens (tertiary/aromatic N) is 1. The average Bonchev–Trinajstić information content (AvgIpc) is 3.19. The van der Waals surface area contributed by atoms with Crippen molar-refractivity contribution >= 4 is 18.0 Å². The minimum atomic E-state index is -1.16. The van der Waals surface area contributed by atoms with Gasteiger partial charge in [0, 0.05) is 17.3 Å². The molecule has 1 aromatic heterocycles. The molecule has 0 spiro atoms. The number of rotatable bonds is 5. The topological polar surface area (TPSA) is 132 Å². The summed E-state index contributed by atoms with van der Waals surface area (Å²) in [7, 11) is 0. The highest BCUT2D eigenvalue weighted by molar-refractivity contribution is 6.03. The van der Waals surface area contributed by atoms with Gasteiger partial charge in [0.25, 0.3) is 11.8 Å². The first-order valence-corrected chi connectivity index (χ1v) is 8.46. The van der Waals surface area contributed by atoms with E-state index in [4.69, 9.17) is 14.7 Å². The van der Waals surface area contributed by atoms with E-state index in [9.17, 15) is 14.7 Å². The molecular formula is C21H18N2O6. The van der Waals surface area contributed by atoms with Crippen LogP contribution >= 0.6 is 0 Å². The molecule has 1 unspecified atom stereocenters. The summed E-state index contributed by atoms with van der Waals surface area (Å²) in [6.07, 6.45) is -0.146. The minimum absolute atomic E-state index is 0.198. The van der Waals surface area contributed by atoms with Gasteiger partial charge in [-0.2, -0.15) is 0 Å². The van der Waals surface area contributed by atoms with Crippen LogP contribution in [0.4, 0.5) is 0 Å². The van der Waals surface area contributed by atoms with Crippen LogP contribution in [0.1, 0.15) is 34.4 Å². The van der Waals surface area contributed by atoms with Crippen LogP contribution in [0.5, 0.6) is 0 Å². The van der Waals surface area contributed by atoms with Gasteiger partial charge in [0.15, 0.2) is 5.76 Å². The summed E-state index contributed by atoms with van der Waals surface area (Å²) in [6.45, 7) is 1.14. The van der Waals surface area contributed by atoms with E-state index < -0.39 is 23.8 Å². The fourth-order valence-corrected chi connectivity index (χ4v) is 2.13. The maximum atomic E-state index is 12.1. The zero-order chi connectivity index (χ0) is 21.2. The van der Waals surface area contributed by atoms with Crippen LogP contribution in [0.25, 0.3) is 0 Å². The average molecular weight is 394 g/mol. The number of aliphatic hydroxyl groups excluding tert-OH is 2. The van der Waals surface area contributed by atoms with E-state index in [1.165, 1.54) is 24.5 Å². The van der Waals surface area contributed by atoms with E-state index in [1.807, 2.05) is 0 Å². The molecule has 2 atom stereocenters. The number of carbonyl (C=O) groups excluding carboxylic acids is 2. The lowest BCUT2D eigenvalue weighted by molar-refractivity contribution is -0.133. The van der Waals surface area contributed by atoms with Crippen LogP contribution in [0.15, 0.2) is 45.8 Å². The highest BCUT2D eigenvalue weighted by Crippen LogP contribution is 2.07. The normalized spacial score (nSPS) is 12.3. The number of hydroxylamine groups is 1. The van der Waals surface area contributed by atoms with E-state index in [-0.39, 0.29) is 12.2 Å². The van der Waals surface area contributed by atoms with Crippen LogP contribution in [-0.4, -0.2) is 39.6 Å². The highest BCUT2D eigenvalue weighted by Gasteiger charge is 2.21. The quantitative estimate of drug-likeness (QED) is 0.258. The second-order valence-electron chi connectivity index (χ2n) is 5.83. The van der Waals surface area contributed by atoms with E-state index in [1.54, 1.807) is 24.3 Å². The SMILES string of the molecule is C[C@H](O)C(/C=N\C(=O)c1ccc(C#CC#Cc2ccc(CO)o2)cc1)C(=O)NO. The van der Waals surface area contributed by atoms with Gasteiger partial charge in [-0.1, -0.05) is 5.92 Å². The zero-order valence-electron chi connectivity index (χ0n) is 15.4. The Morgan fingerprint density at radius 1 is 1.17 bits per heavy atom. The smallest absolute Gasteiger partial charge is 0.276 e. The summed E-state index contributed by atoms with van der Waals surface area (Å²) in [5, 5.41) is 27.1. The number of nitrogens with one attached hydrogen (secondary N) is 1. The Morgan fingerprint density at radius 2 is 1.86 bits per heavy atom. The fourth-order valence-electron chi connectivity index (χ4n) is 2.13. The van der Waals surface area contributed by atoms with Crippen LogP contribution < -0.4 is 5.48 Å². The number of aliphatic hydroxyl groups is 2. The zero-order valence-corrected chi connectivity index (χ0v) is 15.4. The summed E-state index contributed by atoms with van der Waals surface area (Å²) < 4.78 is 5.21. The standard InChI is InChI=1S/C21H18N2O6/c1-14(25)19(21(27)23-28)12-22-20(26)16-8-6-15(7-9-16)4-2-3-5-17-10-11-18(13-24)29-17/h6-12,14,19,24-25,28H,13H2,1H3,(H,23,27)/b22-12-/t14-,19?/m0/s1. The molecule has 0 radical (unpaired) electrons. The van der Waals surface area contributed by atoms with Crippen molar-refractivity contribution < 1.29 is 29.4 Å². The van der Waals surface area contributed by atoms with Gasteiger partial charge >= 0.3 is 0 Å². The number of benzene rings is 1. The molecule has 0 aliphatic rings. The first-order valence-electron chi connectivity index (χ1n) is 8.46. The molecule has 29 heavy (non-hydrogen) atoms. The molecule has 0 aliphatic heterocycles. The lowest BCUT2D eigenvalue weighted by Crippen LogP contribution is -2.35. The summed E-state index contributed by atoms with van der Waals surface area (Å²) in [6, 6.07) is 9.51. The lowest BCUT2D eigenvalue weighted by Gasteiger charge is -2.12.